The van der Waals surface area contributed by atoms with Crippen LogP contribution in [0.3, 0.4) is 0 Å². The minimum absolute atomic E-state index is 0.0680. The summed E-state index contributed by atoms with van der Waals surface area (Å²) in [6.07, 6.45) is 4.21. The first kappa shape index (κ1) is 13.4. The molecule has 108 valence electrons. The third-order valence-corrected chi connectivity index (χ3v) is 4.66. The van der Waals surface area contributed by atoms with Gasteiger partial charge in [0.25, 0.3) is 0 Å². The zero-order chi connectivity index (χ0) is 14.3. The van der Waals surface area contributed by atoms with E-state index >= 15 is 0 Å². The van der Waals surface area contributed by atoms with Crippen LogP contribution >= 0.6 is 0 Å². The highest BCUT2D eigenvalue weighted by Crippen LogP contribution is 2.33. The number of anilines is 1. The number of pyridine rings is 1. The van der Waals surface area contributed by atoms with Crippen molar-refractivity contribution in [2.45, 2.75) is 38.6 Å². The molecule has 2 atom stereocenters. The van der Waals surface area contributed by atoms with Gasteiger partial charge in [-0.1, -0.05) is 6.92 Å². The lowest BCUT2D eigenvalue weighted by atomic mass is 10.0. The number of nitrogens with zero attached hydrogens (tertiary/aromatic N) is 2. The molecule has 2 unspecified atom stereocenters. The number of nitrogens with two attached hydrogens (primary N) is 1. The Morgan fingerprint density at radius 3 is 3.05 bits per heavy atom. The number of aliphatic hydroxyl groups is 1. The molecule has 0 radical (unpaired) electrons. The molecule has 2 aliphatic rings. The van der Waals surface area contributed by atoms with Crippen LogP contribution in [0.5, 0.6) is 0 Å². The molecule has 3 rings (SSSR count). The van der Waals surface area contributed by atoms with Crippen LogP contribution in [0.1, 0.15) is 36.6 Å². The number of aliphatic hydroxyl groups excluding tert-OH is 1. The molecule has 1 aliphatic carbocycles. The fourth-order valence-corrected chi connectivity index (χ4v) is 3.43. The van der Waals surface area contributed by atoms with Crippen LogP contribution in [0, 0.1) is 11.3 Å². The normalized spacial score (nSPS) is 25.0. The van der Waals surface area contributed by atoms with E-state index in [0.29, 0.717) is 5.92 Å². The molecule has 5 nitrogen and oxygen atoms in total. The third kappa shape index (κ3) is 2.06. The van der Waals surface area contributed by atoms with Crippen LogP contribution in [0.4, 0.5) is 5.82 Å². The number of hydrogen-bond acceptors (Lipinski definition) is 4. The summed E-state index contributed by atoms with van der Waals surface area (Å²) in [6.45, 7) is 3.15. The van der Waals surface area contributed by atoms with E-state index in [0.717, 1.165) is 49.3 Å². The van der Waals surface area contributed by atoms with Crippen LogP contribution in [-0.2, 0) is 12.8 Å². The van der Waals surface area contributed by atoms with Gasteiger partial charge in [0, 0.05) is 12.2 Å². The van der Waals surface area contributed by atoms with Crippen molar-refractivity contribution >= 4 is 11.7 Å². The number of amidine groups is 1. The minimum atomic E-state index is 0.0680. The number of rotatable bonds is 3. The summed E-state index contributed by atoms with van der Waals surface area (Å²) >= 11 is 0. The van der Waals surface area contributed by atoms with Crippen molar-refractivity contribution in [3.8, 4) is 0 Å². The van der Waals surface area contributed by atoms with Gasteiger partial charge in [-0.2, -0.15) is 0 Å². The molecule has 1 aliphatic heterocycles. The van der Waals surface area contributed by atoms with Crippen molar-refractivity contribution in [2.75, 3.05) is 18.1 Å². The van der Waals surface area contributed by atoms with Gasteiger partial charge in [0.05, 0.1) is 18.2 Å². The monoisotopic (exact) mass is 274 g/mol. The first-order valence-corrected chi connectivity index (χ1v) is 7.36. The molecule has 5 heteroatoms. The molecule has 2 heterocycles. The van der Waals surface area contributed by atoms with Crippen molar-refractivity contribution in [1.82, 2.24) is 4.98 Å². The summed E-state index contributed by atoms with van der Waals surface area (Å²) in [5, 5.41) is 17.5. The lowest BCUT2D eigenvalue weighted by Gasteiger charge is -2.28. The third-order valence-electron chi connectivity index (χ3n) is 4.66. The lowest BCUT2D eigenvalue weighted by Crippen LogP contribution is -2.37. The van der Waals surface area contributed by atoms with Crippen LogP contribution < -0.4 is 10.6 Å². The molecule has 0 spiro atoms. The van der Waals surface area contributed by atoms with Crippen molar-refractivity contribution in [1.29, 1.82) is 5.41 Å². The highest BCUT2D eigenvalue weighted by Gasteiger charge is 2.33. The van der Waals surface area contributed by atoms with Crippen molar-refractivity contribution in [3.05, 3.63) is 22.9 Å². The van der Waals surface area contributed by atoms with Gasteiger partial charge in [-0.05, 0) is 43.2 Å². The summed E-state index contributed by atoms with van der Waals surface area (Å²) in [4.78, 5) is 6.92. The smallest absolute Gasteiger partial charge is 0.140 e. The Bertz CT molecular complexity index is 543. The zero-order valence-electron chi connectivity index (χ0n) is 11.9. The quantitative estimate of drug-likeness (QED) is 0.568. The summed E-state index contributed by atoms with van der Waals surface area (Å²) in [5.41, 5.74) is 8.84. The van der Waals surface area contributed by atoms with Crippen molar-refractivity contribution < 1.29 is 5.11 Å². The molecule has 0 saturated carbocycles. The molecule has 1 saturated heterocycles. The first-order chi connectivity index (χ1) is 9.61. The van der Waals surface area contributed by atoms with Crippen LogP contribution in [0.25, 0.3) is 0 Å². The van der Waals surface area contributed by atoms with Crippen LogP contribution in [0.2, 0.25) is 0 Å². The van der Waals surface area contributed by atoms with Gasteiger partial charge in [-0.25, -0.2) is 4.98 Å². The van der Waals surface area contributed by atoms with E-state index in [2.05, 4.69) is 11.8 Å². The van der Waals surface area contributed by atoms with Gasteiger partial charge in [0.1, 0.15) is 11.7 Å². The molecular weight excluding hydrogens is 252 g/mol. The Morgan fingerprint density at radius 1 is 1.55 bits per heavy atom. The molecule has 1 aromatic rings. The summed E-state index contributed by atoms with van der Waals surface area (Å²) in [6, 6.07) is 2.12. The largest absolute Gasteiger partial charge is 0.394 e. The molecule has 1 aromatic heterocycles. The SMILES string of the molecule is CC1CCN(c2nc3c(cc2C(=N)N)CCC3)C1CO. The van der Waals surface area contributed by atoms with E-state index in [9.17, 15) is 5.11 Å². The second kappa shape index (κ2) is 5.05. The van der Waals surface area contributed by atoms with Gasteiger partial charge in [-0.3, -0.25) is 5.41 Å². The maximum Gasteiger partial charge on any atom is 0.140 e. The fourth-order valence-electron chi connectivity index (χ4n) is 3.43. The number of nitrogen functional groups attached to an aromatic ring is 1. The summed E-state index contributed by atoms with van der Waals surface area (Å²) < 4.78 is 0. The van der Waals surface area contributed by atoms with Crippen LogP contribution in [0.15, 0.2) is 6.07 Å². The molecule has 0 amide bonds. The predicted octanol–water partition coefficient (Wildman–Crippen LogP) is 1.06. The molecule has 4 N–H and O–H groups in total. The second-order valence-electron chi connectivity index (χ2n) is 5.94. The first-order valence-electron chi connectivity index (χ1n) is 7.36. The molecule has 20 heavy (non-hydrogen) atoms. The lowest BCUT2D eigenvalue weighted by molar-refractivity contribution is 0.244. The Labute approximate surface area is 119 Å². The highest BCUT2D eigenvalue weighted by atomic mass is 16.3. The topological polar surface area (TPSA) is 86.2 Å². The number of fused-ring (bicyclic) bond motifs is 1. The predicted molar refractivity (Wildman–Crippen MR) is 79.3 cm³/mol. The average molecular weight is 274 g/mol. The number of aromatic nitrogens is 1. The Kier molecular flexibility index (Phi) is 3.38. The molecule has 0 bridgehead atoms. The number of aryl methyl sites for hydroxylation is 2. The zero-order valence-corrected chi connectivity index (χ0v) is 11.9. The second-order valence-corrected chi connectivity index (χ2v) is 5.94. The van der Waals surface area contributed by atoms with Crippen LogP contribution in [-0.4, -0.2) is 35.1 Å². The Morgan fingerprint density at radius 2 is 2.35 bits per heavy atom. The van der Waals surface area contributed by atoms with E-state index < -0.39 is 0 Å². The summed E-state index contributed by atoms with van der Waals surface area (Å²) in [7, 11) is 0. The van der Waals surface area contributed by atoms with Gasteiger partial charge in [0.15, 0.2) is 0 Å². The van der Waals surface area contributed by atoms with Gasteiger partial charge in [0.2, 0.25) is 0 Å². The Balaban J connectivity index is 2.06. The minimum Gasteiger partial charge on any atom is -0.394 e. The summed E-state index contributed by atoms with van der Waals surface area (Å²) in [5.74, 6) is 1.30. The maximum absolute atomic E-state index is 9.64. The molecular formula is C15H22N4O. The van der Waals surface area contributed by atoms with Gasteiger partial charge >= 0.3 is 0 Å². The average Bonchev–Trinajstić information content (AvgIpc) is 3.02. The van der Waals surface area contributed by atoms with E-state index in [1.165, 1.54) is 5.56 Å². The highest BCUT2D eigenvalue weighted by molar-refractivity contribution is 6.00. The number of hydrogen-bond donors (Lipinski definition) is 3. The van der Waals surface area contributed by atoms with Crippen molar-refractivity contribution in [3.63, 3.8) is 0 Å². The maximum atomic E-state index is 9.64. The van der Waals surface area contributed by atoms with E-state index in [1.54, 1.807) is 0 Å². The standard InChI is InChI=1S/C15H22N4O/c1-9-5-6-19(13(9)8-20)15-11(14(16)17)7-10-3-2-4-12(10)18-15/h7,9,13,20H,2-6,8H2,1H3,(H3,16,17). The van der Waals surface area contributed by atoms with E-state index in [-0.39, 0.29) is 18.5 Å². The van der Waals surface area contributed by atoms with Gasteiger partial charge < -0.3 is 15.7 Å². The van der Waals surface area contributed by atoms with Gasteiger partial charge in [-0.15, -0.1) is 0 Å². The fraction of sp³-hybridized carbons (Fsp3) is 0.600. The Hall–Kier alpha value is -1.62. The van der Waals surface area contributed by atoms with Crippen molar-refractivity contribution in [2.24, 2.45) is 11.7 Å². The number of nitrogens with one attached hydrogen (secondary N) is 1. The van der Waals surface area contributed by atoms with E-state index in [4.69, 9.17) is 16.1 Å². The molecule has 0 aromatic carbocycles. The molecule has 1 fully saturated rings. The van der Waals surface area contributed by atoms with E-state index in [1.807, 2.05) is 6.07 Å².